The van der Waals surface area contributed by atoms with Crippen LogP contribution in [0.3, 0.4) is 0 Å². The summed E-state index contributed by atoms with van der Waals surface area (Å²) >= 11 is 0. The lowest BCUT2D eigenvalue weighted by Gasteiger charge is -2.23. The van der Waals surface area contributed by atoms with Gasteiger partial charge in [-0.2, -0.15) is 13.2 Å². The van der Waals surface area contributed by atoms with E-state index < -0.39 is 17.7 Å². The van der Waals surface area contributed by atoms with E-state index >= 15 is 0 Å². The number of aromatic nitrogens is 1. The molecule has 1 atom stereocenters. The molecule has 0 saturated carbocycles. The van der Waals surface area contributed by atoms with Gasteiger partial charge in [0.15, 0.2) is 0 Å². The molecule has 1 heterocycles. The largest absolute Gasteiger partial charge is 0.416 e. The molecule has 0 bridgehead atoms. The predicted octanol–water partition coefficient (Wildman–Crippen LogP) is 7.62. The molecule has 1 N–H and O–H groups in total. The molecule has 178 valence electrons. The highest BCUT2D eigenvalue weighted by Gasteiger charge is 2.35. The SMILES string of the molecule is Cc1cc(/C(CC(c2ccc(-c3cccc(F)c3)cc2)c2ccccc2C(F)(F)F)=N\O)ccn1. The van der Waals surface area contributed by atoms with Crippen LogP contribution in [0.2, 0.25) is 0 Å². The lowest BCUT2D eigenvalue weighted by molar-refractivity contribution is -0.138. The van der Waals surface area contributed by atoms with Crippen molar-refractivity contribution in [2.75, 3.05) is 0 Å². The van der Waals surface area contributed by atoms with Crippen LogP contribution in [0.1, 0.15) is 40.3 Å². The first kappa shape index (κ1) is 24.1. The van der Waals surface area contributed by atoms with Crippen molar-refractivity contribution in [2.45, 2.75) is 25.4 Å². The Labute approximate surface area is 200 Å². The van der Waals surface area contributed by atoms with Gasteiger partial charge in [0.1, 0.15) is 5.82 Å². The van der Waals surface area contributed by atoms with Gasteiger partial charge in [-0.1, -0.05) is 59.8 Å². The number of benzene rings is 3. The predicted molar refractivity (Wildman–Crippen MR) is 127 cm³/mol. The van der Waals surface area contributed by atoms with Crippen LogP contribution in [0, 0.1) is 12.7 Å². The van der Waals surface area contributed by atoms with Gasteiger partial charge in [0.05, 0.1) is 11.3 Å². The van der Waals surface area contributed by atoms with Crippen LogP contribution in [0.25, 0.3) is 11.1 Å². The van der Waals surface area contributed by atoms with Gasteiger partial charge in [0, 0.05) is 29.8 Å². The van der Waals surface area contributed by atoms with Crippen LogP contribution < -0.4 is 0 Å². The summed E-state index contributed by atoms with van der Waals surface area (Å²) in [5, 5.41) is 13.2. The van der Waals surface area contributed by atoms with Crippen LogP contribution in [0.5, 0.6) is 0 Å². The van der Waals surface area contributed by atoms with Crippen LogP contribution in [0.4, 0.5) is 17.6 Å². The summed E-state index contributed by atoms with van der Waals surface area (Å²) in [5.41, 5.74) is 2.83. The molecular formula is C28H22F4N2O. The van der Waals surface area contributed by atoms with E-state index in [1.807, 2.05) is 0 Å². The summed E-state index contributed by atoms with van der Waals surface area (Å²) in [6, 6.07) is 21.8. The molecule has 35 heavy (non-hydrogen) atoms. The highest BCUT2D eigenvalue weighted by molar-refractivity contribution is 6.01. The summed E-state index contributed by atoms with van der Waals surface area (Å²) in [7, 11) is 0. The number of oxime groups is 1. The molecule has 3 nitrogen and oxygen atoms in total. The fraction of sp³-hybridized carbons (Fsp3) is 0.143. The minimum absolute atomic E-state index is 0.0202. The molecule has 4 rings (SSSR count). The summed E-state index contributed by atoms with van der Waals surface area (Å²) in [6.07, 6.45) is -2.98. The Kier molecular flexibility index (Phi) is 6.96. The number of nitrogens with zero attached hydrogens (tertiary/aromatic N) is 2. The van der Waals surface area contributed by atoms with Crippen molar-refractivity contribution < 1.29 is 22.8 Å². The lowest BCUT2D eigenvalue weighted by atomic mass is 9.82. The zero-order valence-corrected chi connectivity index (χ0v) is 18.8. The fourth-order valence-corrected chi connectivity index (χ4v) is 4.18. The lowest BCUT2D eigenvalue weighted by Crippen LogP contribution is -2.16. The van der Waals surface area contributed by atoms with Crippen molar-refractivity contribution in [3.63, 3.8) is 0 Å². The van der Waals surface area contributed by atoms with E-state index in [0.29, 0.717) is 22.4 Å². The van der Waals surface area contributed by atoms with Crippen molar-refractivity contribution in [1.29, 1.82) is 0 Å². The molecule has 0 fully saturated rings. The van der Waals surface area contributed by atoms with Crippen LogP contribution in [-0.2, 0) is 6.18 Å². The number of rotatable bonds is 6. The maximum Gasteiger partial charge on any atom is 0.416 e. The minimum atomic E-state index is -4.56. The van der Waals surface area contributed by atoms with Crippen LogP contribution >= 0.6 is 0 Å². The molecule has 0 spiro atoms. The van der Waals surface area contributed by atoms with E-state index in [0.717, 1.165) is 11.6 Å². The molecular weight excluding hydrogens is 456 g/mol. The Morgan fingerprint density at radius 2 is 1.66 bits per heavy atom. The van der Waals surface area contributed by atoms with Crippen LogP contribution in [0.15, 0.2) is 96.3 Å². The number of hydrogen-bond acceptors (Lipinski definition) is 3. The Morgan fingerprint density at radius 3 is 2.31 bits per heavy atom. The third kappa shape index (κ3) is 5.57. The number of hydrogen-bond donors (Lipinski definition) is 1. The highest BCUT2D eigenvalue weighted by Crippen LogP contribution is 2.40. The molecule has 3 aromatic carbocycles. The second kappa shape index (κ2) is 10.1. The topological polar surface area (TPSA) is 45.5 Å². The summed E-state index contributed by atoms with van der Waals surface area (Å²) in [6.45, 7) is 1.78. The summed E-state index contributed by atoms with van der Waals surface area (Å²) in [5.74, 6) is -1.13. The first-order valence-corrected chi connectivity index (χ1v) is 10.9. The molecule has 0 amide bonds. The zero-order chi connectivity index (χ0) is 25.0. The second-order valence-electron chi connectivity index (χ2n) is 8.21. The van der Waals surface area contributed by atoms with E-state index in [9.17, 15) is 22.8 Å². The maximum absolute atomic E-state index is 13.9. The molecule has 7 heteroatoms. The normalized spacial score (nSPS) is 13.0. The van der Waals surface area contributed by atoms with Gasteiger partial charge in [-0.25, -0.2) is 4.39 Å². The average molecular weight is 478 g/mol. The van der Waals surface area contributed by atoms with Crippen molar-refractivity contribution >= 4 is 5.71 Å². The van der Waals surface area contributed by atoms with Crippen molar-refractivity contribution in [3.05, 3.63) is 125 Å². The maximum atomic E-state index is 13.9. The molecule has 0 aliphatic rings. The van der Waals surface area contributed by atoms with Gasteiger partial charge in [-0.3, -0.25) is 4.98 Å². The minimum Gasteiger partial charge on any atom is -0.411 e. The van der Waals surface area contributed by atoms with Crippen LogP contribution in [-0.4, -0.2) is 15.9 Å². The number of aryl methyl sites for hydroxylation is 1. The molecule has 0 aliphatic carbocycles. The van der Waals surface area contributed by atoms with Gasteiger partial charge < -0.3 is 5.21 Å². The van der Waals surface area contributed by atoms with Crippen molar-refractivity contribution in [2.24, 2.45) is 5.16 Å². The van der Waals surface area contributed by atoms with Gasteiger partial charge >= 0.3 is 6.18 Å². The van der Waals surface area contributed by atoms with E-state index in [2.05, 4.69) is 10.1 Å². The Morgan fingerprint density at radius 1 is 0.914 bits per heavy atom. The summed E-state index contributed by atoms with van der Waals surface area (Å²) in [4.78, 5) is 4.13. The number of alkyl halides is 3. The molecule has 1 aromatic heterocycles. The number of halogens is 4. The third-order valence-corrected chi connectivity index (χ3v) is 5.86. The fourth-order valence-electron chi connectivity index (χ4n) is 4.18. The Bertz CT molecular complexity index is 1350. The third-order valence-electron chi connectivity index (χ3n) is 5.86. The molecule has 1 unspecified atom stereocenters. The molecule has 0 radical (unpaired) electrons. The molecule has 4 aromatic rings. The second-order valence-corrected chi connectivity index (χ2v) is 8.21. The standard InChI is InChI=1S/C28H22F4N2O/c1-18-15-22(13-14-33-18)27(34-35)17-25(24-7-2-3-8-26(24)28(30,31)32)20-11-9-19(10-12-20)21-5-4-6-23(29)16-21/h2-16,25,35H,17H2,1H3/b34-27-. The van der Waals surface area contributed by atoms with E-state index in [1.165, 1.54) is 24.3 Å². The average Bonchev–Trinajstić information content (AvgIpc) is 2.84. The Balaban J connectivity index is 1.79. The van der Waals surface area contributed by atoms with E-state index in [-0.39, 0.29) is 23.5 Å². The Hall–Kier alpha value is -4.00. The quantitative estimate of drug-likeness (QED) is 0.134. The van der Waals surface area contributed by atoms with Gasteiger partial charge in [0.2, 0.25) is 0 Å². The zero-order valence-electron chi connectivity index (χ0n) is 18.8. The first-order valence-electron chi connectivity index (χ1n) is 10.9. The highest BCUT2D eigenvalue weighted by atomic mass is 19.4. The van der Waals surface area contributed by atoms with Crippen molar-refractivity contribution in [1.82, 2.24) is 4.98 Å². The van der Waals surface area contributed by atoms with E-state index in [4.69, 9.17) is 0 Å². The molecule has 0 saturated heterocycles. The van der Waals surface area contributed by atoms with Crippen molar-refractivity contribution in [3.8, 4) is 11.1 Å². The number of pyridine rings is 1. The smallest absolute Gasteiger partial charge is 0.411 e. The first-order chi connectivity index (χ1) is 16.8. The summed E-state index contributed by atoms with van der Waals surface area (Å²) < 4.78 is 55.4. The molecule has 0 aliphatic heterocycles. The monoisotopic (exact) mass is 478 g/mol. The van der Waals surface area contributed by atoms with E-state index in [1.54, 1.807) is 67.7 Å². The van der Waals surface area contributed by atoms with Gasteiger partial charge in [-0.15, -0.1) is 0 Å². The van der Waals surface area contributed by atoms with Gasteiger partial charge in [-0.05, 0) is 59.5 Å². The van der Waals surface area contributed by atoms with Gasteiger partial charge in [0.25, 0.3) is 0 Å².